The van der Waals surface area contributed by atoms with Crippen LogP contribution < -0.4 is 15.8 Å². The number of thiazole rings is 1. The van der Waals surface area contributed by atoms with Gasteiger partial charge in [0.15, 0.2) is 5.65 Å². The Hall–Kier alpha value is -3.17. The van der Waals surface area contributed by atoms with Gasteiger partial charge in [0, 0.05) is 36.8 Å². The number of carbonyl (C=O) groups excluding carboxylic acids is 1. The van der Waals surface area contributed by atoms with Crippen molar-refractivity contribution < 1.29 is 13.9 Å². The minimum absolute atomic E-state index is 0.0974. The number of likely N-dealkylation sites (tertiary alicyclic amines) is 1. The minimum atomic E-state index is -0.475. The maximum Gasteiger partial charge on any atom is 0.312 e. The van der Waals surface area contributed by atoms with Gasteiger partial charge < -0.3 is 20.2 Å². The summed E-state index contributed by atoms with van der Waals surface area (Å²) in [5.74, 6) is 1.55. The van der Waals surface area contributed by atoms with E-state index in [1.807, 2.05) is 36.4 Å². The first kappa shape index (κ1) is 17.9. The number of nitrogens with two attached hydrogens (primary N) is 1. The summed E-state index contributed by atoms with van der Waals surface area (Å²) >= 11 is 1.46. The Morgan fingerprint density at radius 3 is 3.17 bits per heavy atom. The van der Waals surface area contributed by atoms with Gasteiger partial charge in [-0.05, 0) is 36.8 Å². The molecule has 3 aromatic heterocycles. The average Bonchev–Trinajstić information content (AvgIpc) is 3.38. The molecular formula is C20H19N5O3S. The van der Waals surface area contributed by atoms with E-state index in [2.05, 4.69) is 20.2 Å². The number of hydrogen-bond acceptors (Lipinski definition) is 7. The first-order chi connectivity index (χ1) is 14.1. The summed E-state index contributed by atoms with van der Waals surface area (Å²) in [4.78, 5) is 21.9. The molecule has 0 bridgehead atoms. The van der Waals surface area contributed by atoms with Crippen LogP contribution in [0.1, 0.15) is 12.2 Å². The molecule has 3 N–H and O–H groups in total. The van der Waals surface area contributed by atoms with Crippen LogP contribution in [0, 0.1) is 0 Å². The van der Waals surface area contributed by atoms with Gasteiger partial charge in [0.25, 0.3) is 5.19 Å². The fraction of sp³-hybridized carbons (Fsp3) is 0.250. The lowest BCUT2D eigenvalue weighted by molar-refractivity contribution is 0.243. The van der Waals surface area contributed by atoms with Crippen molar-refractivity contribution in [2.45, 2.75) is 19.0 Å². The van der Waals surface area contributed by atoms with E-state index in [1.165, 1.54) is 11.3 Å². The Bertz CT molecular complexity index is 1150. The first-order valence-corrected chi connectivity index (χ1v) is 10.1. The summed E-state index contributed by atoms with van der Waals surface area (Å²) < 4.78 is 12.9. The van der Waals surface area contributed by atoms with Crippen molar-refractivity contribution in [2.24, 2.45) is 5.73 Å². The highest BCUT2D eigenvalue weighted by Gasteiger charge is 2.24. The number of rotatable bonds is 5. The number of benzene rings is 1. The Balaban J connectivity index is 1.29. The van der Waals surface area contributed by atoms with Gasteiger partial charge in [0.05, 0.1) is 11.2 Å². The minimum Gasteiger partial charge on any atom is -0.460 e. The molecule has 1 aliphatic heterocycles. The molecular weight excluding hydrogens is 390 g/mol. The number of carbonyl (C=O) groups is 1. The second-order valence-electron chi connectivity index (χ2n) is 7.05. The Morgan fingerprint density at radius 1 is 1.38 bits per heavy atom. The molecule has 0 saturated carbocycles. The predicted octanol–water partition coefficient (Wildman–Crippen LogP) is 3.47. The molecule has 0 spiro atoms. The predicted molar refractivity (Wildman–Crippen MR) is 110 cm³/mol. The summed E-state index contributed by atoms with van der Waals surface area (Å²) in [6.07, 6.45) is 2.60. The summed E-state index contributed by atoms with van der Waals surface area (Å²) in [6.45, 7) is 2.34. The molecule has 1 aromatic carbocycles. The second kappa shape index (κ2) is 7.34. The van der Waals surface area contributed by atoms with Crippen molar-refractivity contribution in [3.05, 3.63) is 48.4 Å². The van der Waals surface area contributed by atoms with Gasteiger partial charge in [-0.25, -0.2) is 9.78 Å². The number of fused-ring (bicyclic) bond motifs is 2. The number of nitrogens with zero attached hydrogens (tertiary/aromatic N) is 3. The highest BCUT2D eigenvalue weighted by atomic mass is 32.1. The van der Waals surface area contributed by atoms with E-state index in [9.17, 15) is 4.79 Å². The lowest BCUT2D eigenvalue weighted by Gasteiger charge is -2.14. The number of urea groups is 1. The molecule has 9 heteroatoms. The van der Waals surface area contributed by atoms with Crippen LogP contribution in [0.4, 0.5) is 4.79 Å². The smallest absolute Gasteiger partial charge is 0.312 e. The van der Waals surface area contributed by atoms with Crippen LogP contribution in [0.25, 0.3) is 21.3 Å². The number of aromatic nitrogens is 2. The van der Waals surface area contributed by atoms with Gasteiger partial charge in [-0.3, -0.25) is 4.90 Å². The van der Waals surface area contributed by atoms with E-state index in [0.717, 1.165) is 40.9 Å². The van der Waals surface area contributed by atoms with Crippen LogP contribution in [0.15, 0.2) is 47.0 Å². The molecule has 1 saturated heterocycles. The molecule has 148 valence electrons. The summed E-state index contributed by atoms with van der Waals surface area (Å²) in [5, 5.41) is 4.33. The lowest BCUT2D eigenvalue weighted by Crippen LogP contribution is -2.40. The zero-order valence-corrected chi connectivity index (χ0v) is 16.3. The third kappa shape index (κ3) is 3.87. The molecule has 1 fully saturated rings. The Labute approximate surface area is 170 Å². The van der Waals surface area contributed by atoms with Crippen LogP contribution in [-0.4, -0.2) is 40.0 Å². The number of primary amides is 1. The zero-order valence-electron chi connectivity index (χ0n) is 15.5. The lowest BCUT2D eigenvalue weighted by atomic mass is 10.2. The fourth-order valence-corrected chi connectivity index (χ4v) is 4.41. The normalized spacial score (nSPS) is 17.2. The highest BCUT2D eigenvalue weighted by molar-refractivity contribution is 7.20. The van der Waals surface area contributed by atoms with Gasteiger partial charge in [-0.2, -0.15) is 4.98 Å². The van der Waals surface area contributed by atoms with Crippen LogP contribution in [0.3, 0.4) is 0 Å². The summed E-state index contributed by atoms with van der Waals surface area (Å²) in [5.41, 5.74) is 6.66. The van der Waals surface area contributed by atoms with Crippen molar-refractivity contribution in [3.8, 4) is 10.9 Å². The molecule has 2 amide bonds. The van der Waals surface area contributed by atoms with Crippen LogP contribution >= 0.6 is 11.3 Å². The van der Waals surface area contributed by atoms with E-state index < -0.39 is 6.03 Å². The third-order valence-corrected chi connectivity index (χ3v) is 5.78. The van der Waals surface area contributed by atoms with E-state index in [4.69, 9.17) is 14.9 Å². The molecule has 1 aliphatic rings. The van der Waals surface area contributed by atoms with Crippen molar-refractivity contribution in [1.82, 2.24) is 20.2 Å². The number of pyridine rings is 1. The fourth-order valence-electron chi connectivity index (χ4n) is 3.62. The number of nitrogens with one attached hydrogen (secondary N) is 1. The molecule has 4 aromatic rings. The molecule has 4 heterocycles. The largest absolute Gasteiger partial charge is 0.460 e. The molecule has 8 nitrogen and oxygen atoms in total. The average molecular weight is 409 g/mol. The third-order valence-electron chi connectivity index (χ3n) is 4.89. The number of hydrogen-bond donors (Lipinski definition) is 2. The topological polar surface area (TPSA) is 107 Å². The Kier molecular flexibility index (Phi) is 4.53. The van der Waals surface area contributed by atoms with Gasteiger partial charge in [-0.1, -0.05) is 11.3 Å². The number of furan rings is 1. The molecule has 1 unspecified atom stereocenters. The van der Waals surface area contributed by atoms with E-state index in [1.54, 1.807) is 6.20 Å². The van der Waals surface area contributed by atoms with E-state index in [-0.39, 0.29) is 6.04 Å². The second-order valence-corrected chi connectivity index (χ2v) is 8.04. The van der Waals surface area contributed by atoms with Crippen molar-refractivity contribution in [1.29, 1.82) is 0 Å². The Morgan fingerprint density at radius 2 is 2.31 bits per heavy atom. The van der Waals surface area contributed by atoms with Gasteiger partial charge in [0.2, 0.25) is 0 Å². The highest BCUT2D eigenvalue weighted by Crippen LogP contribution is 2.32. The maximum atomic E-state index is 11.0. The summed E-state index contributed by atoms with van der Waals surface area (Å²) in [6, 6.07) is 11.3. The number of amides is 2. The van der Waals surface area contributed by atoms with Crippen LogP contribution in [0.5, 0.6) is 10.9 Å². The quantitative estimate of drug-likeness (QED) is 0.523. The van der Waals surface area contributed by atoms with Crippen molar-refractivity contribution in [3.63, 3.8) is 0 Å². The molecule has 0 radical (unpaired) electrons. The van der Waals surface area contributed by atoms with E-state index >= 15 is 0 Å². The van der Waals surface area contributed by atoms with Gasteiger partial charge in [0.1, 0.15) is 17.1 Å². The monoisotopic (exact) mass is 409 g/mol. The zero-order chi connectivity index (χ0) is 19.8. The van der Waals surface area contributed by atoms with Crippen molar-refractivity contribution in [2.75, 3.05) is 13.1 Å². The SMILES string of the molecule is NC(=O)NC1CCN(Cc2cc3ccc(Oc4nc5ncccc5s4)cc3o2)C1. The molecule has 5 rings (SSSR count). The van der Waals surface area contributed by atoms with Crippen molar-refractivity contribution >= 4 is 38.7 Å². The van der Waals surface area contributed by atoms with Crippen LogP contribution in [-0.2, 0) is 6.54 Å². The first-order valence-electron chi connectivity index (χ1n) is 9.32. The molecule has 1 atom stereocenters. The standard InChI is InChI=1S/C20H19N5O3S/c21-19(26)23-13-5-7-25(10-13)11-15-8-12-3-4-14(9-16(12)27-15)28-20-24-18-17(29-20)2-1-6-22-18/h1-4,6,8-9,13H,5,7,10-11H2,(H3,21,23,26). The maximum absolute atomic E-state index is 11.0. The van der Waals surface area contributed by atoms with Gasteiger partial charge in [-0.15, -0.1) is 0 Å². The molecule has 0 aliphatic carbocycles. The van der Waals surface area contributed by atoms with E-state index in [0.29, 0.717) is 23.1 Å². The number of ether oxygens (including phenoxy) is 1. The summed E-state index contributed by atoms with van der Waals surface area (Å²) in [7, 11) is 0. The van der Waals surface area contributed by atoms with Crippen LogP contribution in [0.2, 0.25) is 0 Å². The van der Waals surface area contributed by atoms with Gasteiger partial charge >= 0.3 is 6.03 Å². The molecule has 29 heavy (non-hydrogen) atoms.